The van der Waals surface area contributed by atoms with Crippen LogP contribution < -0.4 is 16.4 Å². The summed E-state index contributed by atoms with van der Waals surface area (Å²) in [6.45, 7) is 0.277. The highest BCUT2D eigenvalue weighted by molar-refractivity contribution is 5.96. The third-order valence-electron chi connectivity index (χ3n) is 2.64. The maximum absolute atomic E-state index is 11.8. The van der Waals surface area contributed by atoms with Crippen molar-refractivity contribution in [2.45, 2.75) is 25.4 Å². The van der Waals surface area contributed by atoms with Gasteiger partial charge >= 0.3 is 0 Å². The number of hydrogen-bond donors (Lipinski definition) is 3. The van der Waals surface area contributed by atoms with Gasteiger partial charge in [0.05, 0.1) is 12.2 Å². The summed E-state index contributed by atoms with van der Waals surface area (Å²) in [6.07, 6.45) is 3.59. The number of nitrogens with two attached hydrogens (primary N) is 1. The van der Waals surface area contributed by atoms with Crippen LogP contribution in [-0.2, 0) is 11.3 Å². The molecule has 1 aromatic rings. The second kappa shape index (κ2) is 5.59. The fourth-order valence-electron chi connectivity index (χ4n) is 1.50. The Morgan fingerprint density at radius 3 is 2.89 bits per heavy atom. The number of amides is 2. The standard InChI is InChI=1S/C12H16N4O2/c13-6-10-5-8(3-4-14-10)12(18)15-7-11(17)16-9-1-2-9/h3-5,9H,1-2,6-7,13H2,(H,15,18)(H,16,17). The molecule has 0 saturated heterocycles. The van der Waals surface area contributed by atoms with Crippen LogP contribution in [0.5, 0.6) is 0 Å². The van der Waals surface area contributed by atoms with Crippen molar-refractivity contribution in [1.82, 2.24) is 15.6 Å². The molecule has 1 aromatic heterocycles. The topological polar surface area (TPSA) is 97.1 Å². The van der Waals surface area contributed by atoms with Gasteiger partial charge in [-0.1, -0.05) is 0 Å². The van der Waals surface area contributed by atoms with Crippen molar-refractivity contribution < 1.29 is 9.59 Å². The van der Waals surface area contributed by atoms with E-state index in [0.717, 1.165) is 12.8 Å². The molecule has 6 nitrogen and oxygen atoms in total. The van der Waals surface area contributed by atoms with Gasteiger partial charge in [0.1, 0.15) is 0 Å². The average molecular weight is 248 g/mol. The number of nitrogens with zero attached hydrogens (tertiary/aromatic N) is 1. The average Bonchev–Trinajstić information content (AvgIpc) is 3.20. The molecule has 0 aromatic carbocycles. The van der Waals surface area contributed by atoms with Gasteiger partial charge in [0.2, 0.25) is 5.91 Å². The summed E-state index contributed by atoms with van der Waals surface area (Å²) in [5.74, 6) is -0.447. The zero-order valence-electron chi connectivity index (χ0n) is 9.98. The van der Waals surface area contributed by atoms with E-state index in [9.17, 15) is 9.59 Å². The summed E-state index contributed by atoms with van der Waals surface area (Å²) in [7, 11) is 0. The fraction of sp³-hybridized carbons (Fsp3) is 0.417. The molecule has 96 valence electrons. The molecule has 4 N–H and O–H groups in total. The van der Waals surface area contributed by atoms with Crippen molar-refractivity contribution in [1.29, 1.82) is 0 Å². The Morgan fingerprint density at radius 2 is 2.22 bits per heavy atom. The van der Waals surface area contributed by atoms with E-state index in [0.29, 0.717) is 17.3 Å². The smallest absolute Gasteiger partial charge is 0.251 e. The van der Waals surface area contributed by atoms with Gasteiger partial charge in [-0.15, -0.1) is 0 Å². The SMILES string of the molecule is NCc1cc(C(=O)NCC(=O)NC2CC2)ccn1. The Bertz CT molecular complexity index is 457. The first-order chi connectivity index (χ1) is 8.69. The minimum absolute atomic E-state index is 0.00435. The van der Waals surface area contributed by atoms with Crippen LogP contribution in [0.3, 0.4) is 0 Å². The third kappa shape index (κ3) is 3.53. The summed E-state index contributed by atoms with van der Waals surface area (Å²) >= 11 is 0. The number of carbonyl (C=O) groups excluding carboxylic acids is 2. The Labute approximate surface area is 105 Å². The maximum Gasteiger partial charge on any atom is 0.251 e. The van der Waals surface area contributed by atoms with Crippen LogP contribution in [0.25, 0.3) is 0 Å². The van der Waals surface area contributed by atoms with Gasteiger partial charge in [0.15, 0.2) is 0 Å². The largest absolute Gasteiger partial charge is 0.352 e. The van der Waals surface area contributed by atoms with Crippen molar-refractivity contribution in [3.05, 3.63) is 29.6 Å². The van der Waals surface area contributed by atoms with E-state index in [1.165, 1.54) is 6.20 Å². The Balaban J connectivity index is 1.84. The van der Waals surface area contributed by atoms with Crippen molar-refractivity contribution in [3.63, 3.8) is 0 Å². The maximum atomic E-state index is 11.8. The normalized spacial score (nSPS) is 14.1. The highest BCUT2D eigenvalue weighted by atomic mass is 16.2. The summed E-state index contributed by atoms with van der Waals surface area (Å²) in [6, 6.07) is 3.51. The first-order valence-electron chi connectivity index (χ1n) is 5.91. The molecular formula is C12H16N4O2. The molecule has 1 fully saturated rings. The van der Waals surface area contributed by atoms with Crippen LogP contribution in [0.4, 0.5) is 0 Å². The monoisotopic (exact) mass is 248 g/mol. The molecule has 0 radical (unpaired) electrons. The van der Waals surface area contributed by atoms with Crippen LogP contribution in [0, 0.1) is 0 Å². The summed E-state index contributed by atoms with van der Waals surface area (Å²) in [4.78, 5) is 27.2. The molecule has 0 atom stereocenters. The fourth-order valence-corrected chi connectivity index (χ4v) is 1.50. The molecule has 6 heteroatoms. The van der Waals surface area contributed by atoms with Crippen LogP contribution in [0.1, 0.15) is 28.9 Å². The predicted molar refractivity (Wildman–Crippen MR) is 65.6 cm³/mol. The Morgan fingerprint density at radius 1 is 1.44 bits per heavy atom. The van der Waals surface area contributed by atoms with Crippen LogP contribution in [0.2, 0.25) is 0 Å². The third-order valence-corrected chi connectivity index (χ3v) is 2.64. The first-order valence-corrected chi connectivity index (χ1v) is 5.91. The lowest BCUT2D eigenvalue weighted by molar-refractivity contribution is -0.120. The summed E-state index contributed by atoms with van der Waals surface area (Å²) in [5.41, 5.74) is 6.55. The molecule has 0 bridgehead atoms. The molecule has 1 saturated carbocycles. The van der Waals surface area contributed by atoms with Crippen molar-refractivity contribution in [2.24, 2.45) is 5.73 Å². The lowest BCUT2D eigenvalue weighted by Gasteiger charge is -2.06. The highest BCUT2D eigenvalue weighted by Crippen LogP contribution is 2.18. The van der Waals surface area contributed by atoms with Gasteiger partial charge in [-0.25, -0.2) is 0 Å². The summed E-state index contributed by atoms with van der Waals surface area (Å²) < 4.78 is 0. The number of aromatic nitrogens is 1. The van der Waals surface area contributed by atoms with Crippen LogP contribution >= 0.6 is 0 Å². The number of pyridine rings is 1. The zero-order chi connectivity index (χ0) is 13.0. The molecule has 1 heterocycles. The Hall–Kier alpha value is -1.95. The van der Waals surface area contributed by atoms with Crippen molar-refractivity contribution >= 4 is 11.8 Å². The van der Waals surface area contributed by atoms with Crippen molar-refractivity contribution in [3.8, 4) is 0 Å². The van der Waals surface area contributed by atoms with E-state index in [4.69, 9.17) is 5.73 Å². The first kappa shape index (κ1) is 12.5. The molecule has 1 aliphatic carbocycles. The number of carbonyl (C=O) groups is 2. The zero-order valence-corrected chi connectivity index (χ0v) is 9.98. The van der Waals surface area contributed by atoms with Gasteiger partial charge in [-0.3, -0.25) is 14.6 Å². The molecule has 0 spiro atoms. The predicted octanol–water partition coefficient (Wildman–Crippen LogP) is -0.451. The molecule has 1 aliphatic rings. The molecule has 2 rings (SSSR count). The van der Waals surface area contributed by atoms with E-state index >= 15 is 0 Å². The van der Waals surface area contributed by atoms with E-state index in [-0.39, 0.29) is 24.9 Å². The van der Waals surface area contributed by atoms with E-state index < -0.39 is 0 Å². The van der Waals surface area contributed by atoms with Crippen LogP contribution in [0.15, 0.2) is 18.3 Å². The van der Waals surface area contributed by atoms with Gasteiger partial charge in [-0.05, 0) is 25.0 Å². The Kier molecular flexibility index (Phi) is 3.88. The minimum atomic E-state index is -0.293. The number of hydrogen-bond acceptors (Lipinski definition) is 4. The second-order valence-corrected chi connectivity index (χ2v) is 4.26. The van der Waals surface area contributed by atoms with E-state index in [1.54, 1.807) is 12.1 Å². The second-order valence-electron chi connectivity index (χ2n) is 4.26. The molecule has 0 aliphatic heterocycles. The van der Waals surface area contributed by atoms with Gasteiger partial charge in [0, 0.05) is 24.3 Å². The number of nitrogens with one attached hydrogen (secondary N) is 2. The van der Waals surface area contributed by atoms with E-state index in [2.05, 4.69) is 15.6 Å². The number of rotatable bonds is 5. The molecule has 18 heavy (non-hydrogen) atoms. The quantitative estimate of drug-likeness (QED) is 0.657. The van der Waals surface area contributed by atoms with Crippen molar-refractivity contribution in [2.75, 3.05) is 6.54 Å². The molecule has 2 amide bonds. The van der Waals surface area contributed by atoms with Gasteiger partial charge in [0.25, 0.3) is 5.91 Å². The minimum Gasteiger partial charge on any atom is -0.352 e. The molecular weight excluding hydrogens is 232 g/mol. The highest BCUT2D eigenvalue weighted by Gasteiger charge is 2.23. The van der Waals surface area contributed by atoms with E-state index in [1.807, 2.05) is 0 Å². The van der Waals surface area contributed by atoms with Gasteiger partial charge in [-0.2, -0.15) is 0 Å². The van der Waals surface area contributed by atoms with Crippen LogP contribution in [-0.4, -0.2) is 29.4 Å². The lowest BCUT2D eigenvalue weighted by atomic mass is 10.2. The molecule has 0 unspecified atom stereocenters. The van der Waals surface area contributed by atoms with Gasteiger partial charge < -0.3 is 16.4 Å². The summed E-state index contributed by atoms with van der Waals surface area (Å²) in [5, 5.41) is 5.36. The lowest BCUT2D eigenvalue weighted by Crippen LogP contribution is -2.37.